The van der Waals surface area contributed by atoms with Gasteiger partial charge >= 0.3 is 6.02 Å². The van der Waals surface area contributed by atoms with Crippen molar-refractivity contribution in [2.24, 2.45) is 4.99 Å². The van der Waals surface area contributed by atoms with Crippen molar-refractivity contribution < 1.29 is 9.77 Å². The Balaban J connectivity index is 2.99. The van der Waals surface area contributed by atoms with Gasteiger partial charge in [-0.05, 0) is 38.3 Å². The molecule has 0 saturated heterocycles. The molecule has 0 saturated carbocycles. The fraction of sp³-hybridized carbons (Fsp3) is 0.500. The van der Waals surface area contributed by atoms with E-state index < -0.39 is 5.03 Å². The molecule has 0 unspecified atom stereocenters. The lowest BCUT2D eigenvalue weighted by Crippen LogP contribution is -2.39. The predicted molar refractivity (Wildman–Crippen MR) is 77.8 cm³/mol. The third-order valence-corrected chi connectivity index (χ3v) is 2.30. The molecule has 0 aliphatic rings. The van der Waals surface area contributed by atoms with Crippen molar-refractivity contribution in [1.29, 1.82) is 0 Å². The summed E-state index contributed by atoms with van der Waals surface area (Å²) in [4.78, 5) is 15.5. The Bertz CT molecular complexity index is 458. The lowest BCUT2D eigenvalue weighted by Gasteiger charge is -2.19. The van der Waals surface area contributed by atoms with Gasteiger partial charge in [0.2, 0.25) is 0 Å². The van der Waals surface area contributed by atoms with Crippen LogP contribution in [0.25, 0.3) is 0 Å². The summed E-state index contributed by atoms with van der Waals surface area (Å²) in [5, 5.41) is 11.7. The Labute approximate surface area is 119 Å². The van der Waals surface area contributed by atoms with E-state index in [1.54, 1.807) is 0 Å². The highest BCUT2D eigenvalue weighted by Crippen LogP contribution is 2.09. The highest BCUT2D eigenvalue weighted by molar-refractivity contribution is 5.72. The van der Waals surface area contributed by atoms with Crippen molar-refractivity contribution in [3.05, 3.63) is 46.0 Å². The number of amidine groups is 1. The average molecular weight is 279 g/mol. The summed E-state index contributed by atoms with van der Waals surface area (Å²) >= 11 is 0. The van der Waals surface area contributed by atoms with Crippen LogP contribution in [0.5, 0.6) is 0 Å². The van der Waals surface area contributed by atoms with Crippen LogP contribution in [0.2, 0.25) is 0 Å². The van der Waals surface area contributed by atoms with E-state index in [0.717, 1.165) is 10.6 Å². The van der Waals surface area contributed by atoms with E-state index in [0.29, 0.717) is 0 Å². The molecule has 110 valence electrons. The fourth-order valence-electron chi connectivity index (χ4n) is 1.54. The van der Waals surface area contributed by atoms with Gasteiger partial charge < -0.3 is 4.74 Å². The van der Waals surface area contributed by atoms with E-state index in [4.69, 9.17) is 4.74 Å². The van der Waals surface area contributed by atoms with Gasteiger partial charge in [-0.25, -0.2) is 15.1 Å². The van der Waals surface area contributed by atoms with E-state index in [-0.39, 0.29) is 24.7 Å². The average Bonchev–Trinajstić information content (AvgIpc) is 2.35. The zero-order valence-corrected chi connectivity index (χ0v) is 12.3. The monoisotopic (exact) mass is 279 g/mol. The van der Waals surface area contributed by atoms with Crippen LogP contribution >= 0.6 is 0 Å². The second kappa shape index (κ2) is 7.47. The van der Waals surface area contributed by atoms with E-state index in [1.165, 1.54) is 0 Å². The molecule has 0 N–H and O–H groups in total. The first kappa shape index (κ1) is 15.9. The van der Waals surface area contributed by atoms with E-state index in [2.05, 4.69) is 4.99 Å². The largest absolute Gasteiger partial charge is 0.459 e. The number of hydrogen-bond acceptors (Lipinski definition) is 4. The van der Waals surface area contributed by atoms with Crippen molar-refractivity contribution in [3.63, 3.8) is 0 Å². The van der Waals surface area contributed by atoms with Gasteiger partial charge in [-0.3, -0.25) is 0 Å². The minimum atomic E-state index is -0.489. The fourth-order valence-corrected chi connectivity index (χ4v) is 1.54. The lowest BCUT2D eigenvalue weighted by molar-refractivity contribution is -0.636. The molecule has 0 radical (unpaired) electrons. The maximum Gasteiger partial charge on any atom is 0.348 e. The number of nitro groups is 1. The molecule has 0 spiro atoms. The van der Waals surface area contributed by atoms with Crippen molar-refractivity contribution in [3.8, 4) is 0 Å². The van der Waals surface area contributed by atoms with Crippen LogP contribution in [0.15, 0.2) is 35.3 Å². The number of benzene rings is 1. The number of aliphatic imine (C=N–C) groups is 1. The highest BCUT2D eigenvalue weighted by atomic mass is 16.7. The van der Waals surface area contributed by atoms with Crippen LogP contribution in [-0.4, -0.2) is 28.2 Å². The molecule has 20 heavy (non-hydrogen) atoms. The number of nitrogens with zero attached hydrogens (tertiary/aromatic N) is 3. The van der Waals surface area contributed by atoms with Gasteiger partial charge in [0.25, 0.3) is 0 Å². The number of hydrogen-bond donors (Lipinski definition) is 0. The van der Waals surface area contributed by atoms with Crippen LogP contribution in [0.3, 0.4) is 0 Å². The Kier molecular flexibility index (Phi) is 5.96. The van der Waals surface area contributed by atoms with E-state index in [9.17, 15) is 10.1 Å². The highest BCUT2D eigenvalue weighted by Gasteiger charge is 2.25. The smallest absolute Gasteiger partial charge is 0.348 e. The molecule has 0 heterocycles. The molecule has 1 aromatic carbocycles. The SMILES string of the molecule is CC(C)/N=C(/OC(C)C)N(Cc1ccccc1)[N+](=O)[O-]. The lowest BCUT2D eigenvalue weighted by atomic mass is 10.2. The van der Waals surface area contributed by atoms with Gasteiger partial charge in [0.05, 0.1) is 6.10 Å². The van der Waals surface area contributed by atoms with Gasteiger partial charge in [0, 0.05) is 6.04 Å². The molecule has 0 bridgehead atoms. The third kappa shape index (κ3) is 5.26. The normalized spacial score (nSPS) is 11.8. The summed E-state index contributed by atoms with van der Waals surface area (Å²) in [5.74, 6) is 0. The quantitative estimate of drug-likeness (QED) is 0.360. The van der Waals surface area contributed by atoms with Crippen LogP contribution in [0, 0.1) is 10.1 Å². The Hall–Kier alpha value is -2.11. The summed E-state index contributed by atoms with van der Waals surface area (Å²) in [7, 11) is 0. The molecule has 0 fully saturated rings. The van der Waals surface area contributed by atoms with Crippen LogP contribution in [-0.2, 0) is 11.3 Å². The molecule has 1 aromatic rings. The van der Waals surface area contributed by atoms with Crippen LogP contribution in [0.4, 0.5) is 0 Å². The second-order valence-electron chi connectivity index (χ2n) is 4.95. The van der Waals surface area contributed by atoms with E-state index in [1.807, 2.05) is 58.0 Å². The predicted octanol–water partition coefficient (Wildman–Crippen LogP) is 2.87. The number of ether oxygens (including phenoxy) is 1. The standard InChI is InChI=1S/C14H21N3O3/c1-11(2)15-14(20-12(3)4)16(17(18)19)10-13-8-6-5-7-9-13/h5-9,11-12H,10H2,1-4H3/b15-14+. The zero-order valence-electron chi connectivity index (χ0n) is 12.3. The Morgan fingerprint density at radius 1 is 1.30 bits per heavy atom. The maximum atomic E-state index is 11.3. The van der Waals surface area contributed by atoms with Crippen LogP contribution in [0.1, 0.15) is 33.3 Å². The molecule has 0 aliphatic heterocycles. The summed E-state index contributed by atoms with van der Waals surface area (Å²) in [6.07, 6.45) is -0.175. The maximum absolute atomic E-state index is 11.3. The molecule has 6 heteroatoms. The molecule has 0 aliphatic carbocycles. The van der Waals surface area contributed by atoms with E-state index >= 15 is 0 Å². The third-order valence-electron chi connectivity index (χ3n) is 2.30. The Morgan fingerprint density at radius 2 is 1.90 bits per heavy atom. The summed E-state index contributed by atoms with van der Waals surface area (Å²) < 4.78 is 5.49. The van der Waals surface area contributed by atoms with Gasteiger partial charge in [-0.1, -0.05) is 30.3 Å². The number of rotatable bonds is 5. The molecule has 0 aromatic heterocycles. The van der Waals surface area contributed by atoms with Crippen molar-refractivity contribution >= 4 is 6.02 Å². The first-order chi connectivity index (χ1) is 9.40. The summed E-state index contributed by atoms with van der Waals surface area (Å²) in [5.41, 5.74) is 0.827. The molecule has 1 rings (SSSR count). The van der Waals surface area contributed by atoms with Gasteiger partial charge in [0.1, 0.15) is 6.54 Å². The number of hydrazine groups is 1. The summed E-state index contributed by atoms with van der Waals surface area (Å²) in [6.45, 7) is 7.45. The Morgan fingerprint density at radius 3 is 2.35 bits per heavy atom. The van der Waals surface area contributed by atoms with Gasteiger partial charge in [0.15, 0.2) is 5.03 Å². The molecular weight excluding hydrogens is 258 g/mol. The van der Waals surface area contributed by atoms with Crippen molar-refractivity contribution in [2.45, 2.75) is 46.4 Å². The van der Waals surface area contributed by atoms with Crippen molar-refractivity contribution in [2.75, 3.05) is 0 Å². The molecule has 0 amide bonds. The van der Waals surface area contributed by atoms with Gasteiger partial charge in [-0.2, -0.15) is 0 Å². The van der Waals surface area contributed by atoms with Gasteiger partial charge in [-0.15, -0.1) is 0 Å². The molecular formula is C14H21N3O3. The zero-order chi connectivity index (χ0) is 15.1. The molecule has 6 nitrogen and oxygen atoms in total. The first-order valence-corrected chi connectivity index (χ1v) is 6.60. The minimum Gasteiger partial charge on any atom is -0.459 e. The van der Waals surface area contributed by atoms with Crippen LogP contribution < -0.4 is 0 Å². The van der Waals surface area contributed by atoms with Crippen molar-refractivity contribution in [1.82, 2.24) is 5.01 Å². The molecule has 0 atom stereocenters. The first-order valence-electron chi connectivity index (χ1n) is 6.60. The minimum absolute atomic E-state index is 0.0452. The second-order valence-corrected chi connectivity index (χ2v) is 4.95. The summed E-state index contributed by atoms with van der Waals surface area (Å²) in [6, 6.07) is 9.18. The topological polar surface area (TPSA) is 68.0 Å².